The summed E-state index contributed by atoms with van der Waals surface area (Å²) in [5, 5.41) is 2.87. The second-order valence-corrected chi connectivity index (χ2v) is 10.4. The van der Waals surface area contributed by atoms with Crippen LogP contribution < -0.4 is 0 Å². The zero-order valence-corrected chi connectivity index (χ0v) is 16.0. The van der Waals surface area contributed by atoms with Crippen molar-refractivity contribution >= 4 is 37.1 Å². The molecule has 0 fully saturated rings. The smallest absolute Gasteiger partial charge is 0.244 e. The largest absolute Gasteiger partial charge is 0.264 e. The van der Waals surface area contributed by atoms with E-state index in [-0.39, 0.29) is 0 Å². The molecular weight excluding hydrogens is 294 g/mol. The van der Waals surface area contributed by atoms with E-state index in [2.05, 4.69) is 64.9 Å². The predicted molar refractivity (Wildman–Crippen MR) is 92.4 cm³/mol. The first-order chi connectivity index (χ1) is 8.68. The molecule has 1 unspecified atom stereocenters. The van der Waals surface area contributed by atoms with Crippen molar-refractivity contribution < 1.29 is 4.58 Å². The minimum absolute atomic E-state index is 0.527. The van der Waals surface area contributed by atoms with Gasteiger partial charge in [0.2, 0.25) is 5.19 Å². The molecule has 0 aromatic rings. The molecule has 0 spiro atoms. The van der Waals surface area contributed by atoms with E-state index >= 15 is 0 Å². The zero-order valence-electron chi connectivity index (χ0n) is 13.5. The second kappa shape index (κ2) is 6.99. The quantitative estimate of drug-likeness (QED) is 0.511. The number of hydrogen-bond acceptors (Lipinski definition) is 1. The first kappa shape index (κ1) is 17.6. The number of rotatable bonds is 5. The SMILES string of the molecule is CC(C)N(C1=PC(=[N+](C(C)C)C(C)C)P1Cl)C(C)C. The molecular formula is C14H28ClN2P2+. The highest BCUT2D eigenvalue weighted by molar-refractivity contribution is 8.29. The van der Waals surface area contributed by atoms with Crippen LogP contribution in [0.15, 0.2) is 0 Å². The van der Waals surface area contributed by atoms with Gasteiger partial charge in [-0.2, -0.15) is 0 Å². The second-order valence-electron chi connectivity index (χ2n) is 6.18. The van der Waals surface area contributed by atoms with Crippen LogP contribution in [0.2, 0.25) is 0 Å². The molecule has 1 aliphatic rings. The molecule has 0 saturated heterocycles. The van der Waals surface area contributed by atoms with Crippen molar-refractivity contribution in [2.45, 2.75) is 79.6 Å². The highest BCUT2D eigenvalue weighted by atomic mass is 35.7. The van der Waals surface area contributed by atoms with Gasteiger partial charge < -0.3 is 0 Å². The van der Waals surface area contributed by atoms with Gasteiger partial charge >= 0.3 is 0 Å². The molecule has 19 heavy (non-hydrogen) atoms. The fraction of sp³-hybridized carbons (Fsp3) is 0.857. The minimum atomic E-state index is -0.608. The molecule has 2 nitrogen and oxygen atoms in total. The highest BCUT2D eigenvalue weighted by Crippen LogP contribution is 2.60. The Morgan fingerprint density at radius 2 is 1.37 bits per heavy atom. The summed E-state index contributed by atoms with van der Waals surface area (Å²) in [7, 11) is 0.737. The topological polar surface area (TPSA) is 6.25 Å². The first-order valence-electron chi connectivity index (χ1n) is 7.16. The van der Waals surface area contributed by atoms with E-state index < -0.39 is 7.27 Å². The fourth-order valence-corrected chi connectivity index (χ4v) is 7.85. The van der Waals surface area contributed by atoms with Crippen LogP contribution in [0.5, 0.6) is 0 Å². The lowest BCUT2D eigenvalue weighted by atomic mass is 10.2. The Kier molecular flexibility index (Phi) is 6.46. The summed E-state index contributed by atoms with van der Waals surface area (Å²) in [5.41, 5.74) is 0. The van der Waals surface area contributed by atoms with Crippen LogP contribution in [0.3, 0.4) is 0 Å². The summed E-state index contributed by atoms with van der Waals surface area (Å²) < 4.78 is 2.49. The van der Waals surface area contributed by atoms with Crippen LogP contribution in [0.25, 0.3) is 0 Å². The van der Waals surface area contributed by atoms with Crippen molar-refractivity contribution in [3.05, 3.63) is 0 Å². The van der Waals surface area contributed by atoms with Crippen molar-refractivity contribution in [1.82, 2.24) is 4.90 Å². The van der Waals surface area contributed by atoms with Gasteiger partial charge in [-0.3, -0.25) is 4.90 Å². The van der Waals surface area contributed by atoms with Crippen molar-refractivity contribution in [3.63, 3.8) is 0 Å². The van der Waals surface area contributed by atoms with E-state index in [0.717, 1.165) is 0 Å². The third-order valence-electron chi connectivity index (χ3n) is 3.24. The lowest BCUT2D eigenvalue weighted by molar-refractivity contribution is -0.583. The lowest BCUT2D eigenvalue weighted by Crippen LogP contribution is -2.44. The maximum absolute atomic E-state index is 6.75. The lowest BCUT2D eigenvalue weighted by Gasteiger charge is -2.37. The number of halogens is 1. The van der Waals surface area contributed by atoms with Crippen molar-refractivity contribution in [2.24, 2.45) is 0 Å². The van der Waals surface area contributed by atoms with Crippen LogP contribution in [-0.2, 0) is 0 Å². The average Bonchev–Trinajstić information content (AvgIpc) is 2.24. The van der Waals surface area contributed by atoms with Crippen LogP contribution in [-0.4, -0.2) is 44.0 Å². The monoisotopic (exact) mass is 321 g/mol. The Morgan fingerprint density at radius 3 is 1.63 bits per heavy atom. The summed E-state index contributed by atoms with van der Waals surface area (Å²) in [4.78, 5) is 2.49. The molecule has 0 saturated carbocycles. The van der Waals surface area contributed by atoms with Gasteiger partial charge in [0, 0.05) is 20.3 Å². The van der Waals surface area contributed by atoms with Gasteiger partial charge in [0.25, 0.3) is 0 Å². The molecule has 0 aromatic heterocycles. The van der Waals surface area contributed by atoms with Gasteiger partial charge in [0.1, 0.15) is 19.4 Å². The van der Waals surface area contributed by atoms with Gasteiger partial charge in [0.15, 0.2) is 0 Å². The standard InChI is InChI=1S/C14H28ClN2P2/c1-9(2)16(10(3)4)13-18-14(19(13)15)17(11(5)6)12(7)8/h9-12H,1-8H3/q+1. The fourth-order valence-electron chi connectivity index (χ4n) is 2.66. The molecule has 0 amide bonds. The van der Waals surface area contributed by atoms with Gasteiger partial charge in [-0.05, 0) is 55.4 Å². The van der Waals surface area contributed by atoms with Crippen LogP contribution >= 0.6 is 26.7 Å². The van der Waals surface area contributed by atoms with Gasteiger partial charge in [-0.1, -0.05) is 11.2 Å². The van der Waals surface area contributed by atoms with E-state index in [9.17, 15) is 0 Å². The molecule has 5 heteroatoms. The number of nitrogens with zero attached hydrogens (tertiary/aromatic N) is 2. The van der Waals surface area contributed by atoms with Gasteiger partial charge in [0.05, 0.1) is 5.16 Å². The molecule has 110 valence electrons. The Hall–Kier alpha value is 0.520. The van der Waals surface area contributed by atoms with Crippen LogP contribution in [0, 0.1) is 0 Å². The Bertz CT molecular complexity index is 369. The maximum Gasteiger partial charge on any atom is 0.244 e. The van der Waals surface area contributed by atoms with E-state index in [0.29, 0.717) is 24.2 Å². The molecule has 1 aliphatic heterocycles. The number of hydrogen-bond donors (Lipinski definition) is 0. The molecule has 1 heterocycles. The molecule has 1 atom stereocenters. The van der Waals surface area contributed by atoms with Crippen molar-refractivity contribution in [1.29, 1.82) is 0 Å². The summed E-state index contributed by atoms with van der Waals surface area (Å²) in [6, 6.07) is 2.11. The zero-order chi connectivity index (χ0) is 14.9. The maximum atomic E-state index is 6.75. The van der Waals surface area contributed by atoms with Crippen molar-refractivity contribution in [3.8, 4) is 0 Å². The third-order valence-corrected chi connectivity index (χ3v) is 8.73. The third kappa shape index (κ3) is 3.79. The normalized spacial score (nSPS) is 20.6. The minimum Gasteiger partial charge on any atom is -0.264 e. The molecule has 0 N–H and O–H groups in total. The molecule has 0 bridgehead atoms. The summed E-state index contributed by atoms with van der Waals surface area (Å²) >= 11 is 6.75. The van der Waals surface area contributed by atoms with E-state index in [1.165, 1.54) is 18.6 Å². The van der Waals surface area contributed by atoms with E-state index in [1.54, 1.807) is 0 Å². The average molecular weight is 322 g/mol. The molecule has 0 radical (unpaired) electrons. The summed E-state index contributed by atoms with van der Waals surface area (Å²) in [6.45, 7) is 18.0. The van der Waals surface area contributed by atoms with E-state index in [4.69, 9.17) is 11.2 Å². The highest BCUT2D eigenvalue weighted by Gasteiger charge is 2.42. The first-order valence-corrected chi connectivity index (χ1v) is 10.3. The molecule has 1 rings (SSSR count). The summed E-state index contributed by atoms with van der Waals surface area (Å²) in [5.74, 6) is 0. The van der Waals surface area contributed by atoms with Crippen LogP contribution in [0.1, 0.15) is 55.4 Å². The predicted octanol–water partition coefficient (Wildman–Crippen LogP) is 4.97. The Morgan fingerprint density at radius 1 is 0.947 bits per heavy atom. The van der Waals surface area contributed by atoms with Gasteiger partial charge in [-0.15, -0.1) is 0 Å². The molecule has 0 aromatic carbocycles. The van der Waals surface area contributed by atoms with E-state index in [1.807, 2.05) is 0 Å². The van der Waals surface area contributed by atoms with Crippen molar-refractivity contribution in [2.75, 3.05) is 0 Å². The van der Waals surface area contributed by atoms with Crippen LogP contribution in [0.4, 0.5) is 0 Å². The summed E-state index contributed by atoms with van der Waals surface area (Å²) in [6.07, 6.45) is 0. The molecule has 0 aliphatic carbocycles. The Labute approximate surface area is 126 Å². The Balaban J connectivity index is 3.12. The van der Waals surface area contributed by atoms with Gasteiger partial charge in [-0.25, -0.2) is 4.58 Å².